The van der Waals surface area contributed by atoms with Crippen molar-refractivity contribution in [2.75, 3.05) is 10.2 Å². The number of anilines is 5. The number of benzene rings is 16. The van der Waals surface area contributed by atoms with Crippen molar-refractivity contribution in [1.82, 2.24) is 9.97 Å². The molecule has 7 heteroatoms. The van der Waals surface area contributed by atoms with Crippen LogP contribution in [0.1, 0.15) is 0 Å². The maximum atomic E-state index is 4.79. The van der Waals surface area contributed by atoms with E-state index in [4.69, 9.17) is 4.98 Å². The molecule has 101 heavy (non-hydrogen) atoms. The van der Waals surface area contributed by atoms with E-state index in [0.717, 1.165) is 42.1 Å². The zero-order valence-corrected chi connectivity index (χ0v) is 59.2. The molecule has 1 N–H and O–H groups in total. The number of halogens is 3. The number of nitrogens with zero attached hydrogens (tertiary/aromatic N) is 3. The standard InChI is InChI=1S/C47H29BrN2.C32H18Br2.C15H12N2/c48-35-23-18-32(19-24-35)44-38-13-3-4-14-39(38)45(47-41-16-8-12-31-11-7-15-40(43(31)41)46(44)47)33-21-25-36(26-22-33)50(42-17-5-6-28-49-42)37-27-20-30-9-1-2-10-34(30)29-37;33-22-15-11-20(12-16-22)29-24-7-1-2-8-25(24)30(21-13-17-23(34)18-14-21)32-27-10-4-6-19-5-3-9-26(28(19)27)31(29)32;1-2-6-13-11-14(9-8-12(13)5-1)17-15-7-3-4-10-16-15/h1-29H;1-18H;1-11H,(H,16,17). The molecule has 0 saturated carbocycles. The van der Waals surface area contributed by atoms with Crippen LogP contribution >= 0.6 is 47.8 Å². The van der Waals surface area contributed by atoms with Gasteiger partial charge in [0.25, 0.3) is 0 Å². The number of aromatic nitrogens is 2. The Morgan fingerprint density at radius 1 is 0.248 bits per heavy atom. The summed E-state index contributed by atoms with van der Waals surface area (Å²) < 4.78 is 3.26. The molecular weight excluding hydrogens is 1420 g/mol. The SMILES string of the molecule is Brc1ccc(-c2c3c(c(-c4ccc(Br)cc4)c4ccccc24)-c2cccc4cccc-3c24)cc1.Brc1ccc(-c2c3c(c(-c4ccc(N(c5ccc6ccccc6c5)c5ccccn5)cc4)c4ccccc24)-c2cccc4cccc-3c24)cc1.c1ccc(Nc2ccc3ccccc3c2)nc1. The first-order chi connectivity index (χ1) is 49.8. The first-order valence-electron chi connectivity index (χ1n) is 33.8. The highest BCUT2D eigenvalue weighted by atomic mass is 79.9. The second-order valence-corrected chi connectivity index (χ2v) is 28.3. The predicted molar refractivity (Wildman–Crippen MR) is 438 cm³/mol. The Labute approximate surface area is 611 Å². The molecule has 20 rings (SSSR count). The van der Waals surface area contributed by atoms with Crippen LogP contribution < -0.4 is 10.2 Å². The van der Waals surface area contributed by atoms with Crippen molar-refractivity contribution in [2.24, 2.45) is 0 Å². The molecule has 0 aliphatic heterocycles. The van der Waals surface area contributed by atoms with Crippen LogP contribution in [0.2, 0.25) is 0 Å². The Hall–Kier alpha value is -11.6. The lowest BCUT2D eigenvalue weighted by molar-refractivity contribution is 1.18. The molecule has 0 radical (unpaired) electrons. The topological polar surface area (TPSA) is 41.1 Å². The molecule has 2 aromatic heterocycles. The Bertz CT molecular complexity index is 6110. The minimum Gasteiger partial charge on any atom is -0.340 e. The Morgan fingerprint density at radius 3 is 1.00 bits per heavy atom. The van der Waals surface area contributed by atoms with Crippen molar-refractivity contribution in [3.8, 4) is 89.0 Å². The van der Waals surface area contributed by atoms with Crippen molar-refractivity contribution in [1.29, 1.82) is 0 Å². The third-order valence-electron chi connectivity index (χ3n) is 19.7. The van der Waals surface area contributed by atoms with Gasteiger partial charge in [-0.3, -0.25) is 4.90 Å². The summed E-state index contributed by atoms with van der Waals surface area (Å²) >= 11 is 10.9. The van der Waals surface area contributed by atoms with Crippen LogP contribution in [0.5, 0.6) is 0 Å². The van der Waals surface area contributed by atoms with Crippen LogP contribution in [-0.4, -0.2) is 9.97 Å². The highest BCUT2D eigenvalue weighted by molar-refractivity contribution is 9.11. The van der Waals surface area contributed by atoms with Gasteiger partial charge < -0.3 is 5.32 Å². The van der Waals surface area contributed by atoms with Gasteiger partial charge in [-0.1, -0.05) is 290 Å². The molecule has 16 aromatic carbocycles. The summed E-state index contributed by atoms with van der Waals surface area (Å²) in [7, 11) is 0. The molecule has 2 aliphatic carbocycles. The van der Waals surface area contributed by atoms with Gasteiger partial charge in [-0.25, -0.2) is 9.97 Å². The normalized spacial score (nSPS) is 11.5. The van der Waals surface area contributed by atoms with Gasteiger partial charge in [-0.2, -0.15) is 0 Å². The zero-order chi connectivity index (χ0) is 67.5. The van der Waals surface area contributed by atoms with Crippen LogP contribution in [0.3, 0.4) is 0 Å². The summed E-state index contributed by atoms with van der Waals surface area (Å²) in [5, 5.41) is 18.5. The van der Waals surface area contributed by atoms with Crippen LogP contribution in [0.15, 0.2) is 366 Å². The number of pyridine rings is 2. The fraction of sp³-hybridized carbons (Fsp3) is 0. The van der Waals surface area contributed by atoms with E-state index >= 15 is 0 Å². The lowest BCUT2D eigenvalue weighted by atomic mass is 9.82. The smallest absolute Gasteiger partial charge is 0.137 e. The Balaban J connectivity index is 0.000000123. The molecule has 0 spiro atoms. The zero-order valence-electron chi connectivity index (χ0n) is 54.5. The number of fused-ring (bicyclic) bond motifs is 10. The van der Waals surface area contributed by atoms with E-state index in [1.165, 1.54) is 154 Å². The maximum absolute atomic E-state index is 4.79. The summed E-state index contributed by atoms with van der Waals surface area (Å²) in [6.45, 7) is 0. The lowest BCUT2D eigenvalue weighted by Gasteiger charge is -2.25. The summed E-state index contributed by atoms with van der Waals surface area (Å²) in [5.41, 5.74) is 23.8. The third-order valence-corrected chi connectivity index (χ3v) is 21.3. The van der Waals surface area contributed by atoms with Crippen molar-refractivity contribution in [3.63, 3.8) is 0 Å². The summed E-state index contributed by atoms with van der Waals surface area (Å²) in [5.74, 6) is 1.74. The van der Waals surface area contributed by atoms with Crippen LogP contribution in [-0.2, 0) is 0 Å². The average Bonchev–Trinajstić information content (AvgIpc) is 1.49. The van der Waals surface area contributed by atoms with E-state index in [-0.39, 0.29) is 0 Å². The van der Waals surface area contributed by atoms with Crippen LogP contribution in [0.4, 0.5) is 28.7 Å². The number of hydrogen-bond donors (Lipinski definition) is 1. The molecular formula is C94H59Br3N4. The first-order valence-corrected chi connectivity index (χ1v) is 36.2. The molecule has 2 aliphatic rings. The van der Waals surface area contributed by atoms with Gasteiger partial charge in [-0.05, 0) is 251 Å². The van der Waals surface area contributed by atoms with Gasteiger partial charge in [0.15, 0.2) is 0 Å². The lowest BCUT2D eigenvalue weighted by Crippen LogP contribution is -2.11. The van der Waals surface area contributed by atoms with Gasteiger partial charge in [0.2, 0.25) is 0 Å². The molecule has 0 bridgehead atoms. The monoisotopic (exact) mass is 1480 g/mol. The fourth-order valence-corrected chi connectivity index (χ4v) is 16.2. The Kier molecular flexibility index (Phi) is 16.0. The second kappa shape index (κ2) is 26.3. The van der Waals surface area contributed by atoms with Crippen LogP contribution in [0, 0.1) is 0 Å². The summed E-state index contributed by atoms with van der Waals surface area (Å²) in [4.78, 5) is 11.3. The molecule has 2 heterocycles. The Morgan fingerprint density at radius 2 is 0.594 bits per heavy atom. The molecule has 0 unspecified atom stereocenters. The van der Waals surface area contributed by atoms with E-state index in [1.54, 1.807) is 6.20 Å². The molecule has 0 amide bonds. The van der Waals surface area contributed by atoms with Gasteiger partial charge >= 0.3 is 0 Å². The minimum absolute atomic E-state index is 0.864. The third kappa shape index (κ3) is 11.2. The number of hydrogen-bond acceptors (Lipinski definition) is 4. The quantitative estimate of drug-likeness (QED) is 0.156. The van der Waals surface area contributed by atoms with Crippen LogP contribution in [0.25, 0.3) is 154 Å². The van der Waals surface area contributed by atoms with Gasteiger partial charge in [-0.15, -0.1) is 0 Å². The minimum atomic E-state index is 0.864. The van der Waals surface area contributed by atoms with E-state index in [0.29, 0.717) is 0 Å². The predicted octanol–water partition coefficient (Wildman–Crippen LogP) is 28.2. The van der Waals surface area contributed by atoms with Gasteiger partial charge in [0.05, 0.1) is 0 Å². The highest BCUT2D eigenvalue weighted by Crippen LogP contribution is 2.60. The fourth-order valence-electron chi connectivity index (χ4n) is 15.4. The van der Waals surface area contributed by atoms with Crippen molar-refractivity contribution < 1.29 is 0 Å². The molecule has 0 fully saturated rings. The van der Waals surface area contributed by atoms with Crippen molar-refractivity contribution in [2.45, 2.75) is 0 Å². The van der Waals surface area contributed by atoms with E-state index in [2.05, 4.69) is 360 Å². The number of rotatable bonds is 9. The molecule has 476 valence electrons. The van der Waals surface area contributed by atoms with E-state index in [9.17, 15) is 0 Å². The van der Waals surface area contributed by atoms with E-state index in [1.807, 2.05) is 48.7 Å². The molecule has 4 nitrogen and oxygen atoms in total. The average molecular weight is 1480 g/mol. The second-order valence-electron chi connectivity index (χ2n) is 25.5. The van der Waals surface area contributed by atoms with Gasteiger partial charge in [0, 0.05) is 42.9 Å². The highest BCUT2D eigenvalue weighted by Gasteiger charge is 2.33. The number of nitrogens with one attached hydrogen (secondary N) is 1. The molecule has 0 saturated heterocycles. The largest absolute Gasteiger partial charge is 0.340 e. The first kappa shape index (κ1) is 61.7. The van der Waals surface area contributed by atoms with Crippen molar-refractivity contribution in [3.05, 3.63) is 366 Å². The summed E-state index contributed by atoms with van der Waals surface area (Å²) in [6.07, 6.45) is 3.64. The van der Waals surface area contributed by atoms with E-state index < -0.39 is 0 Å². The van der Waals surface area contributed by atoms with Crippen molar-refractivity contribution >= 4 is 141 Å². The summed E-state index contributed by atoms with van der Waals surface area (Å²) in [6, 6.07) is 122. The molecule has 18 aromatic rings. The molecule has 0 atom stereocenters. The maximum Gasteiger partial charge on any atom is 0.137 e. The van der Waals surface area contributed by atoms with Gasteiger partial charge in [0.1, 0.15) is 11.6 Å².